The number of rotatable bonds is 5. The summed E-state index contributed by atoms with van der Waals surface area (Å²) in [6.07, 6.45) is 1.48. The van der Waals surface area contributed by atoms with Crippen LogP contribution in [0.1, 0.15) is 0 Å². The van der Waals surface area contributed by atoms with Crippen LogP contribution in [0, 0.1) is 0 Å². The number of halogens is 5. The van der Waals surface area contributed by atoms with Crippen molar-refractivity contribution in [2.45, 2.75) is 0 Å². The van der Waals surface area contributed by atoms with Crippen LogP contribution in [0.4, 0.5) is 0 Å². The van der Waals surface area contributed by atoms with Crippen molar-refractivity contribution in [2.24, 2.45) is 0 Å². The highest BCUT2D eigenvalue weighted by molar-refractivity contribution is 6.55. The van der Waals surface area contributed by atoms with Crippen LogP contribution in [0.15, 0.2) is 47.0 Å². The molecule has 0 aliphatic heterocycles. The Hall–Kier alpha value is -0.770. The van der Waals surface area contributed by atoms with Crippen LogP contribution in [-0.4, -0.2) is 6.61 Å². The molecule has 2 aromatic rings. The van der Waals surface area contributed by atoms with Gasteiger partial charge >= 0.3 is 0 Å². The van der Waals surface area contributed by atoms with Crippen molar-refractivity contribution in [1.29, 1.82) is 0 Å². The van der Waals surface area contributed by atoms with Crippen LogP contribution in [0.5, 0.6) is 17.2 Å². The molecule has 0 saturated carbocycles. The van der Waals surface area contributed by atoms with Gasteiger partial charge in [-0.05, 0) is 24.3 Å². The summed E-state index contributed by atoms with van der Waals surface area (Å²) in [4.78, 5) is 0. The first-order chi connectivity index (χ1) is 10.5. The first-order valence-electron chi connectivity index (χ1n) is 6.02. The second-order valence-corrected chi connectivity index (χ2v) is 6.34. The summed E-state index contributed by atoms with van der Waals surface area (Å²) >= 11 is 29.2. The lowest BCUT2D eigenvalue weighted by Gasteiger charge is -2.11. The number of benzene rings is 2. The van der Waals surface area contributed by atoms with Gasteiger partial charge in [0.25, 0.3) is 0 Å². The standard InChI is InChI=1S/C15H9Cl5O2/c16-9-2-1-3-10(6-9)22-11-7-12(17)15(13(18)8-11)21-5-4-14(19)20/h1-4,6-8H,5H2. The molecule has 0 unspecified atom stereocenters. The van der Waals surface area contributed by atoms with Gasteiger partial charge in [0.05, 0.1) is 10.0 Å². The molecule has 2 nitrogen and oxygen atoms in total. The highest BCUT2D eigenvalue weighted by Crippen LogP contribution is 2.38. The van der Waals surface area contributed by atoms with Crippen molar-refractivity contribution >= 4 is 58.0 Å². The van der Waals surface area contributed by atoms with Gasteiger partial charge in [-0.2, -0.15) is 0 Å². The largest absolute Gasteiger partial charge is 0.486 e. The third-order valence-corrected chi connectivity index (χ3v) is 3.57. The number of hydrogen-bond donors (Lipinski definition) is 0. The maximum Gasteiger partial charge on any atom is 0.157 e. The summed E-state index contributed by atoms with van der Waals surface area (Å²) in [6, 6.07) is 10.2. The summed E-state index contributed by atoms with van der Waals surface area (Å²) in [5.41, 5.74) is 0. The van der Waals surface area contributed by atoms with Gasteiger partial charge in [-0.1, -0.05) is 64.1 Å². The third kappa shape index (κ3) is 5.15. The molecule has 0 saturated heterocycles. The van der Waals surface area contributed by atoms with E-state index < -0.39 is 0 Å². The van der Waals surface area contributed by atoms with Gasteiger partial charge in [-0.15, -0.1) is 0 Å². The molecular formula is C15H9Cl5O2. The average molecular weight is 399 g/mol. The van der Waals surface area contributed by atoms with E-state index in [4.69, 9.17) is 67.5 Å². The number of hydrogen-bond acceptors (Lipinski definition) is 2. The Balaban J connectivity index is 2.17. The summed E-state index contributed by atoms with van der Waals surface area (Å²) < 4.78 is 11.2. The Morgan fingerprint density at radius 1 is 0.955 bits per heavy atom. The van der Waals surface area contributed by atoms with E-state index in [-0.39, 0.29) is 11.1 Å². The van der Waals surface area contributed by atoms with Gasteiger partial charge in [0.2, 0.25) is 0 Å². The summed E-state index contributed by atoms with van der Waals surface area (Å²) in [5, 5.41) is 1.19. The van der Waals surface area contributed by atoms with Crippen LogP contribution < -0.4 is 9.47 Å². The average Bonchev–Trinajstić information content (AvgIpc) is 2.41. The van der Waals surface area contributed by atoms with Gasteiger partial charge in [0, 0.05) is 17.2 Å². The predicted molar refractivity (Wildman–Crippen MR) is 93.3 cm³/mol. The van der Waals surface area contributed by atoms with Crippen LogP contribution in [0.3, 0.4) is 0 Å². The van der Waals surface area contributed by atoms with Crippen molar-refractivity contribution in [3.8, 4) is 17.2 Å². The zero-order valence-electron chi connectivity index (χ0n) is 11.0. The minimum Gasteiger partial charge on any atom is -0.486 e. The van der Waals surface area contributed by atoms with Crippen molar-refractivity contribution in [2.75, 3.05) is 6.61 Å². The van der Waals surface area contributed by atoms with E-state index in [1.165, 1.54) is 6.08 Å². The molecule has 0 aliphatic rings. The minimum atomic E-state index is 0.105. The molecule has 0 fully saturated rings. The minimum absolute atomic E-state index is 0.105. The SMILES string of the molecule is ClC(Cl)=CCOc1c(Cl)cc(Oc2cccc(Cl)c2)cc1Cl. The van der Waals surface area contributed by atoms with Gasteiger partial charge in [0.15, 0.2) is 5.75 Å². The Kier molecular flexibility index (Phi) is 6.54. The van der Waals surface area contributed by atoms with E-state index in [0.29, 0.717) is 32.3 Å². The van der Waals surface area contributed by atoms with Crippen LogP contribution in [-0.2, 0) is 0 Å². The highest BCUT2D eigenvalue weighted by atomic mass is 35.5. The molecule has 0 radical (unpaired) electrons. The van der Waals surface area contributed by atoms with E-state index in [0.717, 1.165) is 0 Å². The molecule has 0 heterocycles. The monoisotopic (exact) mass is 396 g/mol. The number of ether oxygens (including phenoxy) is 2. The molecular weight excluding hydrogens is 389 g/mol. The molecule has 0 amide bonds. The van der Waals surface area contributed by atoms with Crippen LogP contribution in [0.25, 0.3) is 0 Å². The first kappa shape index (κ1) is 17.6. The summed E-state index contributed by atoms with van der Waals surface area (Å²) in [7, 11) is 0. The van der Waals surface area contributed by atoms with Gasteiger partial charge in [-0.25, -0.2) is 0 Å². The van der Waals surface area contributed by atoms with Crippen molar-refractivity contribution in [1.82, 2.24) is 0 Å². The molecule has 0 spiro atoms. The van der Waals surface area contributed by atoms with Crippen molar-refractivity contribution in [3.63, 3.8) is 0 Å². The Labute approximate surface area is 153 Å². The second-order valence-electron chi connectivity index (χ2n) is 4.08. The molecule has 2 rings (SSSR count). The second kappa shape index (κ2) is 8.19. The summed E-state index contributed by atoms with van der Waals surface area (Å²) in [5.74, 6) is 1.37. The molecule has 0 aliphatic carbocycles. The molecule has 0 aromatic heterocycles. The van der Waals surface area contributed by atoms with E-state index in [2.05, 4.69) is 0 Å². The summed E-state index contributed by atoms with van der Waals surface area (Å²) in [6.45, 7) is 0.149. The predicted octanol–water partition coefficient (Wildman–Crippen LogP) is 7.14. The van der Waals surface area contributed by atoms with E-state index in [1.807, 2.05) is 0 Å². The van der Waals surface area contributed by atoms with Crippen LogP contribution in [0.2, 0.25) is 15.1 Å². The van der Waals surface area contributed by atoms with Gasteiger partial charge in [-0.3, -0.25) is 0 Å². The van der Waals surface area contributed by atoms with Gasteiger partial charge < -0.3 is 9.47 Å². The first-order valence-corrected chi connectivity index (χ1v) is 7.91. The molecule has 0 N–H and O–H groups in total. The van der Waals surface area contributed by atoms with Crippen molar-refractivity contribution < 1.29 is 9.47 Å². The fraction of sp³-hybridized carbons (Fsp3) is 0.0667. The zero-order valence-corrected chi connectivity index (χ0v) is 14.7. The maximum absolute atomic E-state index is 6.15. The molecule has 116 valence electrons. The lowest BCUT2D eigenvalue weighted by molar-refractivity contribution is 0.362. The van der Waals surface area contributed by atoms with E-state index in [1.54, 1.807) is 36.4 Å². The Bertz CT molecular complexity index is 673. The Morgan fingerprint density at radius 3 is 2.23 bits per heavy atom. The molecule has 0 bridgehead atoms. The van der Waals surface area contributed by atoms with Crippen LogP contribution >= 0.6 is 58.0 Å². The normalized spacial score (nSPS) is 10.2. The molecule has 22 heavy (non-hydrogen) atoms. The fourth-order valence-electron chi connectivity index (χ4n) is 1.59. The third-order valence-electron chi connectivity index (χ3n) is 2.47. The quantitative estimate of drug-likeness (QED) is 0.533. The van der Waals surface area contributed by atoms with Crippen molar-refractivity contribution in [3.05, 3.63) is 62.0 Å². The maximum atomic E-state index is 6.15. The molecule has 7 heteroatoms. The Morgan fingerprint density at radius 2 is 1.64 bits per heavy atom. The van der Waals surface area contributed by atoms with Gasteiger partial charge in [0.1, 0.15) is 22.6 Å². The zero-order chi connectivity index (χ0) is 16.1. The topological polar surface area (TPSA) is 18.5 Å². The smallest absolute Gasteiger partial charge is 0.157 e. The molecule has 2 aromatic carbocycles. The van der Waals surface area contributed by atoms with E-state index in [9.17, 15) is 0 Å². The lowest BCUT2D eigenvalue weighted by atomic mass is 10.3. The fourth-order valence-corrected chi connectivity index (χ4v) is 2.47. The highest BCUT2D eigenvalue weighted by Gasteiger charge is 2.11. The lowest BCUT2D eigenvalue weighted by Crippen LogP contribution is -1.96. The molecule has 0 atom stereocenters. The van der Waals surface area contributed by atoms with E-state index >= 15 is 0 Å².